The second-order valence-corrected chi connectivity index (χ2v) is 11.2. The molecule has 8 heteroatoms. The van der Waals surface area contributed by atoms with E-state index in [1.807, 2.05) is 27.7 Å². The minimum atomic E-state index is -2.99. The first-order valence-corrected chi connectivity index (χ1v) is 10.7. The molecule has 126 valence electrons. The minimum Gasteiger partial charge on any atom is -0.407 e. The first kappa shape index (κ1) is 18.0. The Hall–Kier alpha value is -0.360. The van der Waals surface area contributed by atoms with Crippen LogP contribution in [-0.4, -0.2) is 45.0 Å². The van der Waals surface area contributed by atoms with Crippen molar-refractivity contribution in [3.63, 3.8) is 0 Å². The molecule has 0 aromatic carbocycles. The molecule has 2 aliphatic heterocycles. The molecule has 2 saturated heterocycles. The lowest BCUT2D eigenvalue weighted by Crippen LogP contribution is -2.76. The molecule has 2 N–H and O–H groups in total. The summed E-state index contributed by atoms with van der Waals surface area (Å²) < 4.78 is 17.4. The van der Waals surface area contributed by atoms with Gasteiger partial charge in [-0.05, 0) is 26.7 Å². The van der Waals surface area contributed by atoms with Crippen LogP contribution in [0, 0.1) is 0 Å². The average Bonchev–Trinajstić information content (AvgIpc) is 2.53. The SMILES string of the molecule is CCCP(=O)(CCC)OC(=O)[C@H]1C(C)(C)S[C@@H]2CC(=O)[N+]21N. The zero-order valence-electron chi connectivity index (χ0n) is 13.7. The van der Waals surface area contributed by atoms with Crippen LogP contribution in [-0.2, 0) is 18.7 Å². The standard InChI is InChI=1S/C14H26N2O4PS/c1-5-7-21(19,8-6-2)20-13(18)12-14(3,4)22-11-9-10(17)16(11,12)15/h11-12H,5-9,15H2,1-4H3/q+1/t11-,12+,16?/m1/s1. The van der Waals surface area contributed by atoms with Crippen molar-refractivity contribution in [2.75, 3.05) is 12.3 Å². The Morgan fingerprint density at radius 2 is 1.95 bits per heavy atom. The van der Waals surface area contributed by atoms with Crippen LogP contribution in [0.3, 0.4) is 0 Å². The van der Waals surface area contributed by atoms with E-state index in [1.54, 1.807) is 11.8 Å². The van der Waals surface area contributed by atoms with Crippen LogP contribution in [0.15, 0.2) is 0 Å². The number of hydrogen-bond donors (Lipinski definition) is 1. The quantitative estimate of drug-likeness (QED) is 0.261. The van der Waals surface area contributed by atoms with Crippen molar-refractivity contribution < 1.29 is 23.3 Å². The van der Waals surface area contributed by atoms with E-state index in [9.17, 15) is 14.2 Å². The molecule has 0 aromatic heterocycles. The summed E-state index contributed by atoms with van der Waals surface area (Å²) in [7, 11) is -2.99. The maximum absolute atomic E-state index is 12.8. The highest BCUT2D eigenvalue weighted by atomic mass is 32.2. The van der Waals surface area contributed by atoms with E-state index in [2.05, 4.69) is 0 Å². The van der Waals surface area contributed by atoms with Crippen LogP contribution in [0.1, 0.15) is 47.0 Å². The zero-order valence-corrected chi connectivity index (χ0v) is 15.4. The average molecular weight is 349 g/mol. The lowest BCUT2D eigenvalue weighted by molar-refractivity contribution is -0.913. The van der Waals surface area contributed by atoms with Crippen LogP contribution in [0.4, 0.5) is 0 Å². The van der Waals surface area contributed by atoms with E-state index in [1.165, 1.54) is 0 Å². The maximum Gasteiger partial charge on any atom is 0.373 e. The van der Waals surface area contributed by atoms with Crippen molar-refractivity contribution in [3.8, 4) is 0 Å². The third-order valence-electron chi connectivity index (χ3n) is 4.39. The number of thioether (sulfide) groups is 1. The first-order valence-electron chi connectivity index (χ1n) is 7.80. The second kappa shape index (κ2) is 5.93. The molecule has 2 heterocycles. The lowest BCUT2D eigenvalue weighted by atomic mass is 9.97. The molecule has 0 aliphatic carbocycles. The molecule has 0 radical (unpaired) electrons. The van der Waals surface area contributed by atoms with Gasteiger partial charge in [-0.15, -0.1) is 0 Å². The molecular formula is C14H26N2O4PS+. The van der Waals surface area contributed by atoms with Gasteiger partial charge < -0.3 is 4.52 Å². The van der Waals surface area contributed by atoms with Crippen LogP contribution in [0.5, 0.6) is 0 Å². The predicted octanol–water partition coefficient (Wildman–Crippen LogP) is 2.47. The third kappa shape index (κ3) is 2.77. The highest BCUT2D eigenvalue weighted by molar-refractivity contribution is 8.01. The lowest BCUT2D eigenvalue weighted by Gasteiger charge is -2.42. The van der Waals surface area contributed by atoms with Gasteiger partial charge in [-0.2, -0.15) is 10.4 Å². The van der Waals surface area contributed by atoms with Gasteiger partial charge in [-0.1, -0.05) is 25.6 Å². The van der Waals surface area contributed by atoms with Gasteiger partial charge in [0.2, 0.25) is 6.04 Å². The number of nitrogens with two attached hydrogens (primary N) is 1. The Morgan fingerprint density at radius 3 is 2.41 bits per heavy atom. The summed E-state index contributed by atoms with van der Waals surface area (Å²) in [4.78, 5) is 24.7. The number of fused-ring (bicyclic) bond motifs is 1. The molecule has 0 aromatic rings. The fourth-order valence-electron chi connectivity index (χ4n) is 3.43. The summed E-state index contributed by atoms with van der Waals surface area (Å²) in [5.41, 5.74) is 0. The number of quaternary nitrogens is 1. The van der Waals surface area contributed by atoms with Crippen molar-refractivity contribution >= 4 is 31.0 Å². The van der Waals surface area contributed by atoms with Gasteiger partial charge in [0, 0.05) is 12.3 Å². The number of rotatable bonds is 6. The zero-order chi connectivity index (χ0) is 16.8. The smallest absolute Gasteiger partial charge is 0.373 e. The number of amides is 1. The van der Waals surface area contributed by atoms with Gasteiger partial charge in [0.05, 0.1) is 4.75 Å². The van der Waals surface area contributed by atoms with Gasteiger partial charge >= 0.3 is 11.9 Å². The molecule has 6 nitrogen and oxygen atoms in total. The van der Waals surface area contributed by atoms with Crippen molar-refractivity contribution in [3.05, 3.63) is 0 Å². The van der Waals surface area contributed by atoms with Crippen molar-refractivity contribution in [1.29, 1.82) is 0 Å². The second-order valence-electron chi connectivity index (χ2n) is 6.68. The van der Waals surface area contributed by atoms with Crippen LogP contribution >= 0.6 is 19.1 Å². The molecule has 2 aliphatic rings. The molecule has 22 heavy (non-hydrogen) atoms. The van der Waals surface area contributed by atoms with E-state index < -0.39 is 28.7 Å². The topological polar surface area (TPSA) is 86.5 Å². The number of hydrogen-bond acceptors (Lipinski definition) is 6. The van der Waals surface area contributed by atoms with Gasteiger partial charge in [0.15, 0.2) is 5.37 Å². The summed E-state index contributed by atoms with van der Waals surface area (Å²) in [6.45, 7) is 7.62. The van der Waals surface area contributed by atoms with E-state index >= 15 is 0 Å². The van der Waals surface area contributed by atoms with Crippen molar-refractivity contribution in [1.82, 2.24) is 0 Å². The Morgan fingerprint density at radius 1 is 1.41 bits per heavy atom. The molecule has 0 bridgehead atoms. The van der Waals surface area contributed by atoms with Gasteiger partial charge in [0.25, 0.3) is 7.37 Å². The Kier molecular flexibility index (Phi) is 4.85. The predicted molar refractivity (Wildman–Crippen MR) is 87.3 cm³/mol. The monoisotopic (exact) mass is 349 g/mol. The molecular weight excluding hydrogens is 323 g/mol. The molecule has 1 amide bonds. The van der Waals surface area contributed by atoms with Gasteiger partial charge in [-0.3, -0.25) is 4.57 Å². The molecule has 2 rings (SSSR count). The highest BCUT2D eigenvalue weighted by Gasteiger charge is 2.73. The van der Waals surface area contributed by atoms with E-state index in [4.69, 9.17) is 10.4 Å². The number of β-lactam (4-membered cyclic amide) rings is 1. The fraction of sp³-hybridized carbons (Fsp3) is 0.857. The first-order chi connectivity index (χ1) is 10.1. The number of carbonyl (C=O) groups excluding carboxylic acids is 2. The Bertz CT molecular complexity index is 529. The highest BCUT2D eigenvalue weighted by Crippen LogP contribution is 2.56. The summed E-state index contributed by atoms with van der Waals surface area (Å²) in [6, 6.07) is -0.786. The maximum atomic E-state index is 12.8. The number of carbonyl (C=O) groups is 2. The Labute approximate surface area is 136 Å². The normalized spacial score (nSPS) is 33.2. The van der Waals surface area contributed by atoms with Crippen molar-refractivity contribution in [2.45, 2.75) is 63.1 Å². The molecule has 2 fully saturated rings. The number of nitrogens with zero attached hydrogens (tertiary/aromatic N) is 1. The molecule has 0 saturated carbocycles. The van der Waals surface area contributed by atoms with Gasteiger partial charge in [-0.25, -0.2) is 9.59 Å². The van der Waals surface area contributed by atoms with Crippen LogP contribution in [0.2, 0.25) is 0 Å². The van der Waals surface area contributed by atoms with E-state index in [-0.39, 0.29) is 11.3 Å². The van der Waals surface area contributed by atoms with Crippen LogP contribution in [0.25, 0.3) is 0 Å². The molecule has 0 spiro atoms. The summed E-state index contributed by atoms with van der Waals surface area (Å²) in [5.74, 6) is 5.49. The van der Waals surface area contributed by atoms with E-state index in [0.29, 0.717) is 31.6 Å². The molecule has 3 atom stereocenters. The fourth-order valence-corrected chi connectivity index (χ4v) is 7.37. The van der Waals surface area contributed by atoms with E-state index in [0.717, 1.165) is 0 Å². The summed E-state index contributed by atoms with van der Waals surface area (Å²) in [5, 5.41) is -0.100. The van der Waals surface area contributed by atoms with Gasteiger partial charge in [0.1, 0.15) is 6.42 Å². The minimum absolute atomic E-state index is 0.100. The summed E-state index contributed by atoms with van der Waals surface area (Å²) in [6.07, 6.45) is 2.54. The largest absolute Gasteiger partial charge is 0.407 e. The van der Waals surface area contributed by atoms with Crippen molar-refractivity contribution in [2.24, 2.45) is 5.84 Å². The molecule has 1 unspecified atom stereocenters. The third-order valence-corrected chi connectivity index (χ3v) is 8.78. The van der Waals surface area contributed by atoms with Crippen LogP contribution < -0.4 is 5.84 Å². The summed E-state index contributed by atoms with van der Waals surface area (Å²) >= 11 is 1.55. The Balaban J connectivity index is 2.24.